The van der Waals surface area contributed by atoms with Crippen LogP contribution in [0.5, 0.6) is 11.5 Å². The number of ether oxygens (including phenoxy) is 2. The number of rotatable bonds is 2. The standard InChI is InChI=1S/C12H13NO2.2C2H6/c1-8-4-5-13-10-7-12(15-3)11(14-2)6-9(8)10;2*1-2/h4-7H,1-3H3;2*1-2H3. The van der Waals surface area contributed by atoms with Gasteiger partial charge in [-0.05, 0) is 24.6 Å². The molecular weight excluding hydrogens is 238 g/mol. The minimum Gasteiger partial charge on any atom is -0.493 e. The number of aryl methyl sites for hydroxylation is 1. The Labute approximate surface area is 116 Å². The zero-order valence-electron chi connectivity index (χ0n) is 13.1. The molecule has 2 aromatic rings. The molecule has 0 N–H and O–H groups in total. The van der Waals surface area contributed by atoms with Crippen LogP contribution in [-0.2, 0) is 0 Å². The van der Waals surface area contributed by atoms with Gasteiger partial charge in [0.2, 0.25) is 0 Å². The maximum absolute atomic E-state index is 5.25. The third-order valence-corrected chi connectivity index (χ3v) is 2.46. The summed E-state index contributed by atoms with van der Waals surface area (Å²) in [7, 11) is 3.26. The molecule has 19 heavy (non-hydrogen) atoms. The van der Waals surface area contributed by atoms with E-state index in [4.69, 9.17) is 9.47 Å². The Morgan fingerprint density at radius 2 is 1.42 bits per heavy atom. The second kappa shape index (κ2) is 9.20. The molecule has 0 unspecified atom stereocenters. The van der Waals surface area contributed by atoms with Crippen molar-refractivity contribution in [3.8, 4) is 11.5 Å². The molecule has 0 aliphatic carbocycles. The molecular formula is C16H25NO2. The average Bonchev–Trinajstić information content (AvgIpc) is 2.50. The second-order valence-corrected chi connectivity index (χ2v) is 3.35. The van der Waals surface area contributed by atoms with Crippen molar-refractivity contribution in [1.29, 1.82) is 0 Å². The molecule has 0 spiro atoms. The van der Waals surface area contributed by atoms with E-state index in [0.717, 1.165) is 16.7 Å². The third-order valence-electron chi connectivity index (χ3n) is 2.46. The van der Waals surface area contributed by atoms with E-state index in [-0.39, 0.29) is 0 Å². The maximum atomic E-state index is 5.25. The first-order chi connectivity index (χ1) is 9.26. The average molecular weight is 263 g/mol. The number of benzene rings is 1. The van der Waals surface area contributed by atoms with Crippen LogP contribution in [0.4, 0.5) is 0 Å². The topological polar surface area (TPSA) is 31.4 Å². The Morgan fingerprint density at radius 3 is 1.95 bits per heavy atom. The van der Waals surface area contributed by atoms with Gasteiger partial charge in [-0.15, -0.1) is 0 Å². The highest BCUT2D eigenvalue weighted by Gasteiger charge is 2.07. The number of fused-ring (bicyclic) bond motifs is 1. The number of methoxy groups -OCH3 is 2. The monoisotopic (exact) mass is 263 g/mol. The van der Waals surface area contributed by atoms with Gasteiger partial charge in [0.15, 0.2) is 11.5 Å². The van der Waals surface area contributed by atoms with Gasteiger partial charge in [-0.3, -0.25) is 4.98 Å². The summed E-state index contributed by atoms with van der Waals surface area (Å²) in [4.78, 5) is 4.29. The van der Waals surface area contributed by atoms with Crippen molar-refractivity contribution in [2.75, 3.05) is 14.2 Å². The largest absolute Gasteiger partial charge is 0.493 e. The Kier molecular flexibility index (Phi) is 8.34. The van der Waals surface area contributed by atoms with Gasteiger partial charge < -0.3 is 9.47 Å². The van der Waals surface area contributed by atoms with Crippen molar-refractivity contribution in [2.24, 2.45) is 0 Å². The van der Waals surface area contributed by atoms with Gasteiger partial charge in [0, 0.05) is 17.6 Å². The lowest BCUT2D eigenvalue weighted by molar-refractivity contribution is 0.356. The van der Waals surface area contributed by atoms with Crippen LogP contribution >= 0.6 is 0 Å². The number of hydrogen-bond donors (Lipinski definition) is 0. The molecule has 0 fully saturated rings. The molecule has 3 heteroatoms. The first-order valence-electron chi connectivity index (χ1n) is 6.73. The summed E-state index contributed by atoms with van der Waals surface area (Å²) in [5.41, 5.74) is 2.11. The van der Waals surface area contributed by atoms with Crippen molar-refractivity contribution in [3.63, 3.8) is 0 Å². The van der Waals surface area contributed by atoms with Gasteiger partial charge in [0.25, 0.3) is 0 Å². The third kappa shape index (κ3) is 4.12. The van der Waals surface area contributed by atoms with Crippen LogP contribution in [0.3, 0.4) is 0 Å². The van der Waals surface area contributed by atoms with Crippen LogP contribution in [0.15, 0.2) is 24.4 Å². The summed E-state index contributed by atoms with van der Waals surface area (Å²) < 4.78 is 10.5. The van der Waals surface area contributed by atoms with Gasteiger partial charge >= 0.3 is 0 Å². The van der Waals surface area contributed by atoms with Crippen molar-refractivity contribution in [1.82, 2.24) is 4.98 Å². The Hall–Kier alpha value is -1.77. The van der Waals surface area contributed by atoms with Crippen LogP contribution < -0.4 is 9.47 Å². The predicted octanol–water partition coefficient (Wildman–Crippen LogP) is 4.61. The van der Waals surface area contributed by atoms with E-state index in [1.54, 1.807) is 20.4 Å². The number of aromatic nitrogens is 1. The Bertz CT molecular complexity index is 495. The lowest BCUT2D eigenvalue weighted by atomic mass is 10.1. The van der Waals surface area contributed by atoms with Gasteiger partial charge in [0.1, 0.15) is 0 Å². The highest BCUT2D eigenvalue weighted by molar-refractivity contribution is 5.85. The summed E-state index contributed by atoms with van der Waals surface area (Å²) in [5, 5.41) is 1.09. The summed E-state index contributed by atoms with van der Waals surface area (Å²) in [5.74, 6) is 1.45. The number of pyridine rings is 1. The fraction of sp³-hybridized carbons (Fsp3) is 0.438. The summed E-state index contributed by atoms with van der Waals surface area (Å²) in [6, 6.07) is 5.83. The minimum absolute atomic E-state index is 0.711. The smallest absolute Gasteiger partial charge is 0.162 e. The first-order valence-corrected chi connectivity index (χ1v) is 6.73. The summed E-state index contributed by atoms with van der Waals surface area (Å²) >= 11 is 0. The van der Waals surface area contributed by atoms with E-state index in [0.29, 0.717) is 5.75 Å². The van der Waals surface area contributed by atoms with Crippen LogP contribution in [0.1, 0.15) is 33.3 Å². The molecule has 0 radical (unpaired) electrons. The molecule has 0 bridgehead atoms. The zero-order chi connectivity index (χ0) is 14.8. The predicted molar refractivity (Wildman–Crippen MR) is 82.3 cm³/mol. The maximum Gasteiger partial charge on any atom is 0.162 e. The lowest BCUT2D eigenvalue weighted by Crippen LogP contribution is -1.92. The Balaban J connectivity index is 0.000000741. The van der Waals surface area contributed by atoms with Crippen LogP contribution in [-0.4, -0.2) is 19.2 Å². The van der Waals surface area contributed by atoms with Gasteiger partial charge in [0.05, 0.1) is 19.7 Å². The van der Waals surface area contributed by atoms with E-state index in [9.17, 15) is 0 Å². The molecule has 1 heterocycles. The van der Waals surface area contributed by atoms with E-state index >= 15 is 0 Å². The molecule has 0 aliphatic rings. The molecule has 0 saturated carbocycles. The van der Waals surface area contributed by atoms with E-state index in [1.807, 2.05) is 45.9 Å². The molecule has 0 aliphatic heterocycles. The van der Waals surface area contributed by atoms with Gasteiger partial charge in [-0.1, -0.05) is 27.7 Å². The molecule has 0 amide bonds. The molecule has 2 rings (SSSR count). The number of nitrogens with zero attached hydrogens (tertiary/aromatic N) is 1. The molecule has 0 saturated heterocycles. The van der Waals surface area contributed by atoms with Crippen LogP contribution in [0.25, 0.3) is 10.9 Å². The van der Waals surface area contributed by atoms with Crippen molar-refractivity contribution < 1.29 is 9.47 Å². The fourth-order valence-corrected chi connectivity index (χ4v) is 1.61. The molecule has 1 aromatic carbocycles. The van der Waals surface area contributed by atoms with Crippen molar-refractivity contribution >= 4 is 10.9 Å². The summed E-state index contributed by atoms with van der Waals surface area (Å²) in [6.45, 7) is 10.1. The summed E-state index contributed by atoms with van der Waals surface area (Å²) in [6.07, 6.45) is 1.80. The molecule has 106 valence electrons. The van der Waals surface area contributed by atoms with Gasteiger partial charge in [-0.25, -0.2) is 0 Å². The number of hydrogen-bond acceptors (Lipinski definition) is 3. The quantitative estimate of drug-likeness (QED) is 0.792. The molecule has 1 aromatic heterocycles. The van der Waals surface area contributed by atoms with Crippen molar-refractivity contribution in [3.05, 3.63) is 30.0 Å². The Morgan fingerprint density at radius 1 is 0.895 bits per heavy atom. The lowest BCUT2D eigenvalue weighted by Gasteiger charge is -2.09. The second-order valence-electron chi connectivity index (χ2n) is 3.35. The van der Waals surface area contributed by atoms with Gasteiger partial charge in [-0.2, -0.15) is 0 Å². The van der Waals surface area contributed by atoms with E-state index < -0.39 is 0 Å². The molecule has 3 nitrogen and oxygen atoms in total. The minimum atomic E-state index is 0.711. The van der Waals surface area contributed by atoms with E-state index in [1.165, 1.54) is 5.56 Å². The first kappa shape index (κ1) is 17.2. The highest BCUT2D eigenvalue weighted by atomic mass is 16.5. The van der Waals surface area contributed by atoms with Crippen molar-refractivity contribution in [2.45, 2.75) is 34.6 Å². The molecule has 0 atom stereocenters. The zero-order valence-corrected chi connectivity index (χ0v) is 13.1. The fourth-order valence-electron chi connectivity index (χ4n) is 1.61. The highest BCUT2D eigenvalue weighted by Crippen LogP contribution is 2.32. The van der Waals surface area contributed by atoms with Crippen LogP contribution in [0.2, 0.25) is 0 Å². The van der Waals surface area contributed by atoms with E-state index in [2.05, 4.69) is 11.9 Å². The SMILES string of the molecule is CC.CC.COc1cc2nccc(C)c2cc1OC. The normalized spacial score (nSPS) is 8.79. The van der Waals surface area contributed by atoms with Crippen LogP contribution in [0, 0.1) is 6.92 Å².